The summed E-state index contributed by atoms with van der Waals surface area (Å²) in [6.45, 7) is 9.25. The van der Waals surface area contributed by atoms with Crippen LogP contribution < -0.4 is 5.32 Å². The van der Waals surface area contributed by atoms with E-state index >= 15 is 0 Å². The lowest BCUT2D eigenvalue weighted by Crippen LogP contribution is -2.40. The zero-order chi connectivity index (χ0) is 21.5. The molecule has 4 nitrogen and oxygen atoms in total. The maximum absolute atomic E-state index is 12.8. The molecular weight excluding hydrogens is 382 g/mol. The predicted molar refractivity (Wildman–Crippen MR) is 127 cm³/mol. The lowest BCUT2D eigenvalue weighted by molar-refractivity contribution is -0.126. The van der Waals surface area contributed by atoms with E-state index in [2.05, 4.69) is 70.6 Å². The molecule has 2 aliphatic heterocycles. The zero-order valence-corrected chi connectivity index (χ0v) is 19.0. The molecule has 0 unspecified atom stereocenters. The minimum absolute atomic E-state index is 0.143. The van der Waals surface area contributed by atoms with Crippen LogP contribution in [0.2, 0.25) is 0 Å². The van der Waals surface area contributed by atoms with Gasteiger partial charge in [-0.25, -0.2) is 0 Å². The van der Waals surface area contributed by atoms with Crippen LogP contribution in [0.3, 0.4) is 0 Å². The van der Waals surface area contributed by atoms with Gasteiger partial charge in [0.15, 0.2) is 0 Å². The van der Waals surface area contributed by atoms with Crippen LogP contribution in [0.15, 0.2) is 48.5 Å². The lowest BCUT2D eigenvalue weighted by Gasteiger charge is -2.31. The molecule has 2 saturated heterocycles. The smallest absolute Gasteiger partial charge is 0.223 e. The number of carbonyl (C=O) groups is 1. The Morgan fingerprint density at radius 1 is 0.871 bits per heavy atom. The van der Waals surface area contributed by atoms with Crippen molar-refractivity contribution in [3.8, 4) is 0 Å². The van der Waals surface area contributed by atoms with Gasteiger partial charge in [-0.05, 0) is 81.0 Å². The van der Waals surface area contributed by atoms with E-state index in [9.17, 15) is 4.79 Å². The zero-order valence-electron chi connectivity index (χ0n) is 19.0. The van der Waals surface area contributed by atoms with Gasteiger partial charge in [-0.15, -0.1) is 0 Å². The first-order valence-corrected chi connectivity index (χ1v) is 12.0. The first-order valence-electron chi connectivity index (χ1n) is 12.0. The Labute approximate surface area is 187 Å². The van der Waals surface area contributed by atoms with Gasteiger partial charge in [0.25, 0.3) is 0 Å². The van der Waals surface area contributed by atoms with Gasteiger partial charge in [0.05, 0.1) is 0 Å². The second kappa shape index (κ2) is 10.9. The van der Waals surface area contributed by atoms with Crippen molar-refractivity contribution < 1.29 is 4.79 Å². The fourth-order valence-electron chi connectivity index (χ4n) is 4.93. The Bertz CT molecular complexity index is 851. The van der Waals surface area contributed by atoms with Gasteiger partial charge < -0.3 is 5.32 Å². The van der Waals surface area contributed by atoms with Crippen molar-refractivity contribution in [2.45, 2.75) is 58.7 Å². The molecule has 1 N–H and O–H groups in total. The van der Waals surface area contributed by atoms with Crippen LogP contribution in [0.4, 0.5) is 0 Å². The lowest BCUT2D eigenvalue weighted by atomic mass is 9.95. The van der Waals surface area contributed by atoms with E-state index in [1.165, 1.54) is 54.6 Å². The van der Waals surface area contributed by atoms with E-state index in [1.807, 2.05) is 0 Å². The molecule has 0 saturated carbocycles. The largest absolute Gasteiger partial charge is 0.352 e. The molecule has 31 heavy (non-hydrogen) atoms. The molecule has 2 aromatic rings. The van der Waals surface area contributed by atoms with Crippen molar-refractivity contribution in [3.05, 3.63) is 70.8 Å². The number of rotatable bonds is 7. The molecule has 0 atom stereocenters. The number of carbonyl (C=O) groups excluding carboxylic acids is 1. The van der Waals surface area contributed by atoms with Gasteiger partial charge >= 0.3 is 0 Å². The van der Waals surface area contributed by atoms with Crippen molar-refractivity contribution in [1.82, 2.24) is 15.1 Å². The van der Waals surface area contributed by atoms with Crippen molar-refractivity contribution >= 4 is 5.91 Å². The number of hydrogen-bond acceptors (Lipinski definition) is 3. The highest BCUT2D eigenvalue weighted by Crippen LogP contribution is 2.21. The van der Waals surface area contributed by atoms with Crippen LogP contribution >= 0.6 is 0 Å². The van der Waals surface area contributed by atoms with Crippen LogP contribution in [0.25, 0.3) is 0 Å². The van der Waals surface area contributed by atoms with E-state index in [1.54, 1.807) is 0 Å². The summed E-state index contributed by atoms with van der Waals surface area (Å²) in [6, 6.07) is 17.3. The Kier molecular flexibility index (Phi) is 7.76. The minimum atomic E-state index is 0.143. The minimum Gasteiger partial charge on any atom is -0.352 e. The summed E-state index contributed by atoms with van der Waals surface area (Å²) in [7, 11) is 0. The average molecular weight is 420 g/mol. The number of nitrogens with one attached hydrogen (secondary N) is 1. The molecule has 166 valence electrons. The number of aryl methyl sites for hydroxylation is 1. The molecule has 0 aliphatic carbocycles. The van der Waals surface area contributed by atoms with E-state index in [-0.39, 0.29) is 11.8 Å². The molecule has 0 bridgehead atoms. The Morgan fingerprint density at radius 3 is 2.35 bits per heavy atom. The summed E-state index contributed by atoms with van der Waals surface area (Å²) < 4.78 is 0. The van der Waals surface area contributed by atoms with E-state index in [4.69, 9.17) is 0 Å². The maximum atomic E-state index is 12.8. The third-order valence-corrected chi connectivity index (χ3v) is 6.93. The van der Waals surface area contributed by atoms with Crippen LogP contribution in [-0.2, 0) is 24.4 Å². The van der Waals surface area contributed by atoms with E-state index in [0.717, 1.165) is 39.0 Å². The first kappa shape index (κ1) is 22.0. The molecule has 2 aliphatic rings. The van der Waals surface area contributed by atoms with Crippen molar-refractivity contribution in [2.24, 2.45) is 5.92 Å². The highest BCUT2D eigenvalue weighted by Gasteiger charge is 2.25. The molecule has 2 aromatic carbocycles. The van der Waals surface area contributed by atoms with Crippen molar-refractivity contribution in [2.75, 3.05) is 26.2 Å². The monoisotopic (exact) mass is 419 g/mol. The Balaban J connectivity index is 1.21. The highest BCUT2D eigenvalue weighted by atomic mass is 16.1. The summed E-state index contributed by atoms with van der Waals surface area (Å²) in [5.41, 5.74) is 5.32. The molecule has 2 heterocycles. The van der Waals surface area contributed by atoms with Crippen LogP contribution in [-0.4, -0.2) is 41.9 Å². The average Bonchev–Trinajstić information content (AvgIpc) is 2.80. The summed E-state index contributed by atoms with van der Waals surface area (Å²) in [5.74, 6) is 0.363. The van der Waals surface area contributed by atoms with Gasteiger partial charge in [-0.2, -0.15) is 0 Å². The third kappa shape index (κ3) is 6.41. The van der Waals surface area contributed by atoms with Crippen molar-refractivity contribution in [1.29, 1.82) is 0 Å². The summed E-state index contributed by atoms with van der Waals surface area (Å²) >= 11 is 0. The Morgan fingerprint density at radius 2 is 1.58 bits per heavy atom. The highest BCUT2D eigenvalue weighted by molar-refractivity contribution is 5.78. The number of benzene rings is 2. The molecular formula is C27H37N3O. The van der Waals surface area contributed by atoms with E-state index < -0.39 is 0 Å². The van der Waals surface area contributed by atoms with Crippen LogP contribution in [0.5, 0.6) is 0 Å². The standard InChI is InChI=1S/C27H37N3O/c1-22-8-3-4-11-26(22)21-30-16-12-25(13-17-30)27(31)28-19-23-9-7-10-24(18-23)20-29-14-5-2-6-15-29/h3-4,7-11,18,25H,2,5-6,12-17,19-21H2,1H3,(H,28,31). The third-order valence-electron chi connectivity index (χ3n) is 6.93. The normalized spacial score (nSPS) is 18.7. The number of likely N-dealkylation sites (tertiary alicyclic amines) is 2. The number of amides is 1. The number of piperidine rings is 2. The summed E-state index contributed by atoms with van der Waals surface area (Å²) in [6.07, 6.45) is 5.91. The molecule has 2 fully saturated rings. The predicted octanol–water partition coefficient (Wildman–Crippen LogP) is 4.51. The van der Waals surface area contributed by atoms with Crippen LogP contribution in [0, 0.1) is 12.8 Å². The molecule has 4 rings (SSSR count). The quantitative estimate of drug-likeness (QED) is 0.717. The van der Waals surface area contributed by atoms with Crippen molar-refractivity contribution in [3.63, 3.8) is 0 Å². The second-order valence-electron chi connectivity index (χ2n) is 9.35. The van der Waals surface area contributed by atoms with Crippen LogP contribution in [0.1, 0.15) is 54.4 Å². The number of nitrogens with zero attached hydrogens (tertiary/aromatic N) is 2. The van der Waals surface area contributed by atoms with Gasteiger partial charge in [0.2, 0.25) is 5.91 Å². The van der Waals surface area contributed by atoms with Gasteiger partial charge in [-0.3, -0.25) is 14.6 Å². The topological polar surface area (TPSA) is 35.6 Å². The SMILES string of the molecule is Cc1ccccc1CN1CCC(C(=O)NCc2cccc(CN3CCCCC3)c2)CC1. The van der Waals surface area contributed by atoms with Gasteiger partial charge in [0, 0.05) is 25.6 Å². The van der Waals surface area contributed by atoms with Gasteiger partial charge in [-0.1, -0.05) is 55.0 Å². The molecule has 4 heteroatoms. The molecule has 0 aromatic heterocycles. The maximum Gasteiger partial charge on any atom is 0.223 e. The Hall–Kier alpha value is -2.17. The summed E-state index contributed by atoms with van der Waals surface area (Å²) in [5, 5.41) is 3.20. The first-order chi connectivity index (χ1) is 15.2. The van der Waals surface area contributed by atoms with Gasteiger partial charge in [0.1, 0.15) is 0 Å². The fourth-order valence-corrected chi connectivity index (χ4v) is 4.93. The number of hydrogen-bond donors (Lipinski definition) is 1. The second-order valence-corrected chi connectivity index (χ2v) is 9.35. The fraction of sp³-hybridized carbons (Fsp3) is 0.519. The molecule has 0 radical (unpaired) electrons. The molecule has 0 spiro atoms. The van der Waals surface area contributed by atoms with E-state index in [0.29, 0.717) is 6.54 Å². The molecule has 1 amide bonds. The summed E-state index contributed by atoms with van der Waals surface area (Å²) in [4.78, 5) is 17.8.